The number of hydrogen-bond acceptors (Lipinski definition) is 5. The van der Waals surface area contributed by atoms with E-state index in [1.807, 2.05) is 54.6 Å². The van der Waals surface area contributed by atoms with Crippen molar-refractivity contribution < 1.29 is 13.3 Å². The highest BCUT2D eigenvalue weighted by molar-refractivity contribution is 6.17. The number of fused-ring (bicyclic) bond motifs is 12. The standard InChI is InChI=1S/C64H37N3O3/c1-3-14-38(15-4-1)52-37-53(41-27-30-47-46-19-8-11-23-56(46)69-60(47)35-41)66-64(65-52)49-21-13-25-59-63(49)51-32-40(28-31-58(51)68-59)50-33-42(36-61-62(50)48-20-9-12-24-57(48)70-61)39-26-29-45-44-18-7-10-22-54(44)67(55(45)34-39)43-16-5-2-6-17-43/h1-37H. The molecule has 0 radical (unpaired) electrons. The minimum Gasteiger partial charge on any atom is -0.456 e. The molecule has 6 nitrogen and oxygen atoms in total. The highest BCUT2D eigenvalue weighted by Gasteiger charge is 2.22. The van der Waals surface area contributed by atoms with Gasteiger partial charge in [0.25, 0.3) is 0 Å². The van der Waals surface area contributed by atoms with Gasteiger partial charge in [-0.05, 0) is 107 Å². The van der Waals surface area contributed by atoms with Gasteiger partial charge in [0.05, 0.1) is 22.4 Å². The molecule has 10 aromatic carbocycles. The summed E-state index contributed by atoms with van der Waals surface area (Å²) in [6, 6.07) is 78.5. The van der Waals surface area contributed by atoms with Gasteiger partial charge in [-0.3, -0.25) is 0 Å². The van der Waals surface area contributed by atoms with Crippen molar-refractivity contribution in [3.05, 3.63) is 224 Å². The van der Waals surface area contributed by atoms with Gasteiger partial charge in [0.1, 0.15) is 33.5 Å². The number of hydrogen-bond donors (Lipinski definition) is 0. The van der Waals surface area contributed by atoms with Crippen LogP contribution in [0.25, 0.3) is 149 Å². The molecule has 5 heterocycles. The Labute approximate surface area is 399 Å². The summed E-state index contributed by atoms with van der Waals surface area (Å²) < 4.78 is 22.1. The fraction of sp³-hybridized carbons (Fsp3) is 0. The molecule has 0 amide bonds. The first-order chi connectivity index (χ1) is 34.7. The van der Waals surface area contributed by atoms with Crippen LogP contribution in [0.3, 0.4) is 0 Å². The van der Waals surface area contributed by atoms with Gasteiger partial charge in [0, 0.05) is 65.5 Å². The second-order valence-corrected chi connectivity index (χ2v) is 18.0. The van der Waals surface area contributed by atoms with Crippen LogP contribution in [0.1, 0.15) is 0 Å². The van der Waals surface area contributed by atoms with Crippen LogP contribution in [0, 0.1) is 0 Å². The lowest BCUT2D eigenvalue weighted by molar-refractivity contribution is 0.668. The Morgan fingerprint density at radius 3 is 1.73 bits per heavy atom. The van der Waals surface area contributed by atoms with E-state index in [9.17, 15) is 0 Å². The van der Waals surface area contributed by atoms with Gasteiger partial charge in [-0.1, -0.05) is 140 Å². The molecule has 5 aromatic heterocycles. The lowest BCUT2D eigenvalue weighted by atomic mass is 9.93. The molecule has 0 saturated heterocycles. The minimum absolute atomic E-state index is 0.605. The van der Waals surface area contributed by atoms with Crippen molar-refractivity contribution in [2.24, 2.45) is 0 Å². The molecule has 0 spiro atoms. The summed E-state index contributed by atoms with van der Waals surface area (Å²) in [5.74, 6) is 0.605. The predicted octanol–water partition coefficient (Wildman–Crippen LogP) is 17.6. The predicted molar refractivity (Wildman–Crippen MR) is 285 cm³/mol. The van der Waals surface area contributed by atoms with Crippen LogP contribution in [-0.2, 0) is 0 Å². The molecule has 0 fully saturated rings. The third kappa shape index (κ3) is 5.93. The molecule has 0 aliphatic rings. The molecule has 0 aliphatic heterocycles. The number of benzene rings is 10. The monoisotopic (exact) mass is 895 g/mol. The van der Waals surface area contributed by atoms with E-state index in [0.717, 1.165) is 127 Å². The van der Waals surface area contributed by atoms with Crippen molar-refractivity contribution in [1.82, 2.24) is 14.5 Å². The van der Waals surface area contributed by atoms with Gasteiger partial charge in [0.2, 0.25) is 0 Å². The molecule has 6 heteroatoms. The van der Waals surface area contributed by atoms with E-state index < -0.39 is 0 Å². The molecule has 0 atom stereocenters. The minimum atomic E-state index is 0.605. The number of furan rings is 3. The van der Waals surface area contributed by atoms with Crippen molar-refractivity contribution in [2.45, 2.75) is 0 Å². The largest absolute Gasteiger partial charge is 0.456 e. The zero-order valence-corrected chi connectivity index (χ0v) is 37.4. The summed E-state index contributed by atoms with van der Waals surface area (Å²) in [5, 5.41) is 8.65. The van der Waals surface area contributed by atoms with Crippen LogP contribution < -0.4 is 0 Å². The average molecular weight is 896 g/mol. The summed E-state index contributed by atoms with van der Waals surface area (Å²) in [7, 11) is 0. The van der Waals surface area contributed by atoms with Crippen LogP contribution in [0.15, 0.2) is 238 Å². The molecule has 0 aliphatic carbocycles. The number of aromatic nitrogens is 3. The lowest BCUT2D eigenvalue weighted by Crippen LogP contribution is -1.96. The second kappa shape index (κ2) is 15.0. The maximum absolute atomic E-state index is 6.71. The molecule has 0 saturated carbocycles. The van der Waals surface area contributed by atoms with Crippen molar-refractivity contribution in [3.63, 3.8) is 0 Å². The summed E-state index contributed by atoms with van der Waals surface area (Å²) in [4.78, 5) is 10.6. The van der Waals surface area contributed by atoms with Crippen molar-refractivity contribution in [2.75, 3.05) is 0 Å². The van der Waals surface area contributed by atoms with E-state index >= 15 is 0 Å². The quantitative estimate of drug-likeness (QED) is 0.166. The highest BCUT2D eigenvalue weighted by atomic mass is 16.3. The Hall–Kier alpha value is -9.52. The van der Waals surface area contributed by atoms with Gasteiger partial charge >= 0.3 is 0 Å². The highest BCUT2D eigenvalue weighted by Crippen LogP contribution is 2.45. The van der Waals surface area contributed by atoms with E-state index in [1.165, 1.54) is 16.3 Å². The maximum Gasteiger partial charge on any atom is 0.161 e. The van der Waals surface area contributed by atoms with Crippen LogP contribution in [0.4, 0.5) is 0 Å². The fourth-order valence-corrected chi connectivity index (χ4v) is 10.8. The Balaban J connectivity index is 0.930. The summed E-state index contributed by atoms with van der Waals surface area (Å²) >= 11 is 0. The summed E-state index contributed by atoms with van der Waals surface area (Å²) in [6.45, 7) is 0. The SMILES string of the molecule is c1ccc(-c2cc(-c3ccc4c(c3)oc3ccccc34)nc(-c3cccc4oc5ccc(-c6cc(-c7ccc8c9ccccc9n(-c9ccccc9)c8c7)cc7oc8ccccc8c67)cc5c34)n2)cc1. The molecule has 70 heavy (non-hydrogen) atoms. The molecule has 15 rings (SSSR count). The van der Waals surface area contributed by atoms with Crippen molar-refractivity contribution >= 4 is 87.6 Å². The third-order valence-corrected chi connectivity index (χ3v) is 14.0. The number of para-hydroxylation sites is 4. The molecule has 0 bridgehead atoms. The molecule has 0 unspecified atom stereocenters. The molecule has 15 aromatic rings. The van der Waals surface area contributed by atoms with E-state index in [-0.39, 0.29) is 0 Å². The topological polar surface area (TPSA) is 70.1 Å². The molecule has 0 N–H and O–H groups in total. The second-order valence-electron chi connectivity index (χ2n) is 18.0. The summed E-state index contributed by atoms with van der Waals surface area (Å²) in [6.07, 6.45) is 0. The van der Waals surface area contributed by atoms with Gasteiger partial charge in [-0.15, -0.1) is 0 Å². The first kappa shape index (κ1) is 38.6. The maximum atomic E-state index is 6.71. The Bertz CT molecular complexity index is 4590. The molecule has 326 valence electrons. The first-order valence-electron chi connectivity index (χ1n) is 23.5. The van der Waals surface area contributed by atoms with Crippen LogP contribution in [0.2, 0.25) is 0 Å². The molecular weight excluding hydrogens is 859 g/mol. The van der Waals surface area contributed by atoms with Crippen molar-refractivity contribution in [3.8, 4) is 61.8 Å². The Morgan fingerprint density at radius 1 is 0.286 bits per heavy atom. The van der Waals surface area contributed by atoms with E-state index in [2.05, 4.69) is 174 Å². The molecular formula is C64H37N3O3. The number of nitrogens with zero attached hydrogens (tertiary/aromatic N) is 3. The van der Waals surface area contributed by atoms with E-state index in [1.54, 1.807) is 0 Å². The fourth-order valence-electron chi connectivity index (χ4n) is 10.8. The summed E-state index contributed by atoms with van der Waals surface area (Å²) in [5.41, 5.74) is 17.0. The van der Waals surface area contributed by atoms with Gasteiger partial charge in [0.15, 0.2) is 5.82 Å². The van der Waals surface area contributed by atoms with E-state index in [0.29, 0.717) is 5.82 Å². The Morgan fingerprint density at radius 2 is 0.871 bits per heavy atom. The van der Waals surface area contributed by atoms with Crippen LogP contribution >= 0.6 is 0 Å². The van der Waals surface area contributed by atoms with Gasteiger partial charge in [-0.2, -0.15) is 0 Å². The van der Waals surface area contributed by atoms with Crippen LogP contribution in [0.5, 0.6) is 0 Å². The Kier molecular flexibility index (Phi) is 8.26. The number of rotatable bonds is 6. The van der Waals surface area contributed by atoms with Crippen molar-refractivity contribution in [1.29, 1.82) is 0 Å². The smallest absolute Gasteiger partial charge is 0.161 e. The zero-order valence-electron chi connectivity index (χ0n) is 37.4. The normalized spacial score (nSPS) is 12.0. The zero-order chi connectivity index (χ0) is 45.9. The van der Waals surface area contributed by atoms with E-state index in [4.69, 9.17) is 23.2 Å². The van der Waals surface area contributed by atoms with Gasteiger partial charge < -0.3 is 17.8 Å². The average Bonchev–Trinajstić information content (AvgIpc) is 4.19. The first-order valence-corrected chi connectivity index (χ1v) is 23.5. The third-order valence-electron chi connectivity index (χ3n) is 14.0. The lowest BCUT2D eigenvalue weighted by Gasteiger charge is -2.11. The van der Waals surface area contributed by atoms with Crippen LogP contribution in [-0.4, -0.2) is 14.5 Å². The van der Waals surface area contributed by atoms with Gasteiger partial charge in [-0.25, -0.2) is 9.97 Å².